The summed E-state index contributed by atoms with van der Waals surface area (Å²) in [6.45, 7) is 19.4. The first kappa shape index (κ1) is 15.9. The van der Waals surface area contributed by atoms with E-state index in [1.807, 2.05) is 0 Å². The highest BCUT2D eigenvalue weighted by Crippen LogP contribution is 2.15. The third-order valence-electron chi connectivity index (χ3n) is 3.04. The van der Waals surface area contributed by atoms with E-state index in [0.29, 0.717) is 18.0 Å². The number of rotatable bonds is 8. The second-order valence-corrected chi connectivity index (χ2v) is 5.80. The third kappa shape index (κ3) is 5.86. The lowest BCUT2D eigenvalue weighted by Gasteiger charge is -2.38. The van der Waals surface area contributed by atoms with Gasteiger partial charge < -0.3 is 5.32 Å². The molecule has 0 spiro atoms. The van der Waals surface area contributed by atoms with Crippen LogP contribution in [-0.2, 0) is 0 Å². The van der Waals surface area contributed by atoms with Crippen LogP contribution in [0.1, 0.15) is 48.5 Å². The predicted octanol–water partition coefficient (Wildman–Crippen LogP) is 2.99. The molecule has 1 N–H and O–H groups in total. The quantitative estimate of drug-likeness (QED) is 0.687. The minimum absolute atomic E-state index is 0.633. The molecule has 1 atom stereocenters. The van der Waals surface area contributed by atoms with E-state index in [0.717, 1.165) is 19.0 Å². The van der Waals surface area contributed by atoms with Gasteiger partial charge in [0.15, 0.2) is 0 Å². The zero-order chi connectivity index (χ0) is 12.7. The number of hydrogen-bond acceptors (Lipinski definition) is 2. The number of likely N-dealkylation sites (N-methyl/N-ethyl adjacent to an activating group) is 1. The zero-order valence-electron chi connectivity index (χ0n) is 12.4. The van der Waals surface area contributed by atoms with Crippen molar-refractivity contribution >= 4 is 0 Å². The van der Waals surface area contributed by atoms with Crippen LogP contribution in [0.5, 0.6) is 0 Å². The van der Waals surface area contributed by atoms with Crippen LogP contribution >= 0.6 is 0 Å². The molecule has 2 heteroatoms. The predicted molar refractivity (Wildman–Crippen MR) is 73.8 cm³/mol. The van der Waals surface area contributed by atoms with E-state index < -0.39 is 0 Å². The largest absolute Gasteiger partial charge is 0.315 e. The molecular weight excluding hydrogens is 196 g/mol. The molecule has 0 aromatic heterocycles. The Morgan fingerprint density at radius 2 is 1.56 bits per heavy atom. The molecule has 0 rings (SSSR count). The average Bonchev–Trinajstić information content (AvgIpc) is 2.15. The SMILES string of the molecule is CCNCC(C(C)C)N(CC(C)C)C(C)C. The Hall–Kier alpha value is -0.0800. The Labute approximate surface area is 103 Å². The first-order valence-electron chi connectivity index (χ1n) is 6.86. The molecule has 0 amide bonds. The van der Waals surface area contributed by atoms with E-state index in [1.165, 1.54) is 6.54 Å². The van der Waals surface area contributed by atoms with E-state index in [2.05, 4.69) is 58.7 Å². The van der Waals surface area contributed by atoms with Crippen molar-refractivity contribution < 1.29 is 0 Å². The Morgan fingerprint density at radius 3 is 1.88 bits per heavy atom. The molecule has 0 saturated heterocycles. The molecule has 0 heterocycles. The van der Waals surface area contributed by atoms with Gasteiger partial charge in [0, 0.05) is 25.2 Å². The summed E-state index contributed by atoms with van der Waals surface area (Å²) in [5.41, 5.74) is 0. The van der Waals surface area contributed by atoms with Crippen LogP contribution in [0.3, 0.4) is 0 Å². The van der Waals surface area contributed by atoms with Crippen LogP contribution in [0.25, 0.3) is 0 Å². The van der Waals surface area contributed by atoms with Crippen LogP contribution in [0, 0.1) is 11.8 Å². The lowest BCUT2D eigenvalue weighted by atomic mass is 9.99. The second kappa shape index (κ2) is 8.08. The first-order chi connectivity index (χ1) is 7.40. The topological polar surface area (TPSA) is 15.3 Å². The minimum Gasteiger partial charge on any atom is -0.315 e. The molecule has 0 saturated carbocycles. The van der Waals surface area contributed by atoms with E-state index in [-0.39, 0.29) is 0 Å². The van der Waals surface area contributed by atoms with Gasteiger partial charge in [-0.3, -0.25) is 4.90 Å². The summed E-state index contributed by atoms with van der Waals surface area (Å²) in [5.74, 6) is 1.45. The summed E-state index contributed by atoms with van der Waals surface area (Å²) in [7, 11) is 0. The summed E-state index contributed by atoms with van der Waals surface area (Å²) in [4.78, 5) is 2.65. The fourth-order valence-electron chi connectivity index (χ4n) is 2.18. The van der Waals surface area contributed by atoms with Gasteiger partial charge in [0.25, 0.3) is 0 Å². The highest BCUT2D eigenvalue weighted by atomic mass is 15.2. The van der Waals surface area contributed by atoms with Crippen molar-refractivity contribution in [2.24, 2.45) is 11.8 Å². The van der Waals surface area contributed by atoms with Gasteiger partial charge in [-0.25, -0.2) is 0 Å². The fraction of sp³-hybridized carbons (Fsp3) is 1.00. The lowest BCUT2D eigenvalue weighted by molar-refractivity contribution is 0.102. The molecule has 98 valence electrons. The number of hydrogen-bond donors (Lipinski definition) is 1. The first-order valence-corrected chi connectivity index (χ1v) is 6.86. The van der Waals surface area contributed by atoms with E-state index in [1.54, 1.807) is 0 Å². The third-order valence-corrected chi connectivity index (χ3v) is 3.04. The van der Waals surface area contributed by atoms with Gasteiger partial charge in [0.05, 0.1) is 0 Å². The maximum absolute atomic E-state index is 3.50. The highest BCUT2D eigenvalue weighted by Gasteiger charge is 2.24. The summed E-state index contributed by atoms with van der Waals surface area (Å²) < 4.78 is 0. The summed E-state index contributed by atoms with van der Waals surface area (Å²) >= 11 is 0. The van der Waals surface area contributed by atoms with Gasteiger partial charge in [-0.15, -0.1) is 0 Å². The molecule has 0 aliphatic rings. The molecule has 0 aromatic rings. The summed E-state index contributed by atoms with van der Waals surface area (Å²) in [6.07, 6.45) is 0. The zero-order valence-corrected chi connectivity index (χ0v) is 12.4. The Morgan fingerprint density at radius 1 is 1.00 bits per heavy atom. The Bertz CT molecular complexity index is 164. The van der Waals surface area contributed by atoms with Crippen molar-refractivity contribution in [1.29, 1.82) is 0 Å². The van der Waals surface area contributed by atoms with Crippen LogP contribution in [0.15, 0.2) is 0 Å². The molecule has 0 bridgehead atoms. The molecule has 0 aliphatic heterocycles. The molecule has 0 radical (unpaired) electrons. The maximum atomic E-state index is 3.50. The van der Waals surface area contributed by atoms with Gasteiger partial charge >= 0.3 is 0 Å². The normalized spacial score (nSPS) is 14.4. The Balaban J connectivity index is 4.52. The van der Waals surface area contributed by atoms with Crippen molar-refractivity contribution in [2.75, 3.05) is 19.6 Å². The number of nitrogens with zero attached hydrogens (tertiary/aromatic N) is 1. The molecule has 2 nitrogen and oxygen atoms in total. The molecular formula is C14H32N2. The van der Waals surface area contributed by atoms with Gasteiger partial charge in [0.2, 0.25) is 0 Å². The van der Waals surface area contributed by atoms with Gasteiger partial charge in [-0.1, -0.05) is 34.6 Å². The van der Waals surface area contributed by atoms with Crippen molar-refractivity contribution in [3.63, 3.8) is 0 Å². The van der Waals surface area contributed by atoms with Crippen molar-refractivity contribution in [2.45, 2.75) is 60.5 Å². The van der Waals surface area contributed by atoms with Crippen LogP contribution in [0.4, 0.5) is 0 Å². The van der Waals surface area contributed by atoms with Crippen molar-refractivity contribution in [1.82, 2.24) is 10.2 Å². The average molecular weight is 228 g/mol. The van der Waals surface area contributed by atoms with Gasteiger partial charge in [0.1, 0.15) is 0 Å². The molecule has 0 aromatic carbocycles. The number of nitrogens with one attached hydrogen (secondary N) is 1. The minimum atomic E-state index is 0.633. The second-order valence-electron chi connectivity index (χ2n) is 5.80. The van der Waals surface area contributed by atoms with Crippen LogP contribution < -0.4 is 5.32 Å². The van der Waals surface area contributed by atoms with Crippen molar-refractivity contribution in [3.05, 3.63) is 0 Å². The molecule has 0 aliphatic carbocycles. The molecule has 0 fully saturated rings. The monoisotopic (exact) mass is 228 g/mol. The summed E-state index contributed by atoms with van der Waals surface area (Å²) in [5, 5.41) is 3.50. The Kier molecular flexibility index (Phi) is 8.04. The van der Waals surface area contributed by atoms with E-state index in [4.69, 9.17) is 0 Å². The van der Waals surface area contributed by atoms with Crippen LogP contribution in [0.2, 0.25) is 0 Å². The molecule has 16 heavy (non-hydrogen) atoms. The van der Waals surface area contributed by atoms with Crippen LogP contribution in [-0.4, -0.2) is 36.6 Å². The van der Waals surface area contributed by atoms with Gasteiger partial charge in [-0.05, 0) is 32.2 Å². The standard InChI is InChI=1S/C14H32N2/c1-8-15-9-14(12(4)5)16(13(6)7)10-11(2)3/h11-15H,8-10H2,1-7H3. The highest BCUT2D eigenvalue weighted by molar-refractivity contribution is 4.80. The maximum Gasteiger partial charge on any atom is 0.0246 e. The lowest BCUT2D eigenvalue weighted by Crippen LogP contribution is -2.50. The van der Waals surface area contributed by atoms with E-state index >= 15 is 0 Å². The summed E-state index contributed by atoms with van der Waals surface area (Å²) in [6, 6.07) is 1.29. The molecule has 1 unspecified atom stereocenters. The van der Waals surface area contributed by atoms with Crippen molar-refractivity contribution in [3.8, 4) is 0 Å². The van der Waals surface area contributed by atoms with Gasteiger partial charge in [-0.2, -0.15) is 0 Å². The smallest absolute Gasteiger partial charge is 0.0246 e. The fourth-order valence-corrected chi connectivity index (χ4v) is 2.18. The van der Waals surface area contributed by atoms with E-state index in [9.17, 15) is 0 Å².